The number of nitrogens with zero attached hydrogens (tertiary/aromatic N) is 1. The highest BCUT2D eigenvalue weighted by Crippen LogP contribution is 2.35. The van der Waals surface area contributed by atoms with Crippen LogP contribution in [0, 0.1) is 6.92 Å². The van der Waals surface area contributed by atoms with E-state index in [4.69, 9.17) is 9.47 Å². The Balaban J connectivity index is 2.60. The highest BCUT2D eigenvalue weighted by Gasteiger charge is 2.29. The van der Waals surface area contributed by atoms with Gasteiger partial charge in [0.2, 0.25) is 5.91 Å². The minimum atomic E-state index is -3.98. The normalized spacial score (nSPS) is 10.9. The molecule has 1 N–H and O–H groups in total. The molecule has 0 aromatic heterocycles. The molecule has 0 heterocycles. The first-order valence-electron chi connectivity index (χ1n) is 7.85. The topological polar surface area (TPSA) is 84.9 Å². The first-order chi connectivity index (χ1) is 12.3. The minimum Gasteiger partial charge on any atom is -0.497 e. The second-order valence-corrected chi connectivity index (χ2v) is 7.40. The predicted molar refractivity (Wildman–Crippen MR) is 99.3 cm³/mol. The number of nitrogens with one attached hydrogen (secondary N) is 1. The van der Waals surface area contributed by atoms with Crippen LogP contribution in [0.2, 0.25) is 0 Å². The highest BCUT2D eigenvalue weighted by atomic mass is 32.2. The highest BCUT2D eigenvalue weighted by molar-refractivity contribution is 7.92. The molecular formula is C18H22N2O5S. The molecule has 140 valence electrons. The van der Waals surface area contributed by atoms with Crippen LogP contribution < -0.4 is 19.1 Å². The molecule has 0 aliphatic rings. The van der Waals surface area contributed by atoms with E-state index in [2.05, 4.69) is 5.32 Å². The van der Waals surface area contributed by atoms with Crippen molar-refractivity contribution in [2.24, 2.45) is 0 Å². The van der Waals surface area contributed by atoms with E-state index in [0.29, 0.717) is 5.75 Å². The fourth-order valence-corrected chi connectivity index (χ4v) is 3.77. The van der Waals surface area contributed by atoms with E-state index in [0.717, 1.165) is 9.87 Å². The van der Waals surface area contributed by atoms with E-state index < -0.39 is 15.9 Å². The van der Waals surface area contributed by atoms with E-state index >= 15 is 0 Å². The number of methoxy groups -OCH3 is 2. The number of anilines is 1. The third-order valence-electron chi connectivity index (χ3n) is 3.83. The number of ether oxygens (including phenoxy) is 2. The molecule has 0 aliphatic carbocycles. The number of carbonyl (C=O) groups is 1. The van der Waals surface area contributed by atoms with Crippen molar-refractivity contribution in [1.82, 2.24) is 5.32 Å². The molecule has 0 spiro atoms. The van der Waals surface area contributed by atoms with E-state index in [1.54, 1.807) is 30.3 Å². The molecule has 0 fully saturated rings. The van der Waals surface area contributed by atoms with Gasteiger partial charge in [0, 0.05) is 13.1 Å². The molecule has 0 atom stereocenters. The number of sulfonamides is 1. The summed E-state index contributed by atoms with van der Waals surface area (Å²) >= 11 is 0. The van der Waals surface area contributed by atoms with Gasteiger partial charge in [0.05, 0.1) is 24.8 Å². The minimum absolute atomic E-state index is 0.0878. The van der Waals surface area contributed by atoms with Crippen molar-refractivity contribution in [1.29, 1.82) is 0 Å². The van der Waals surface area contributed by atoms with Crippen molar-refractivity contribution in [3.8, 4) is 11.5 Å². The van der Waals surface area contributed by atoms with Crippen molar-refractivity contribution in [3.63, 3.8) is 0 Å². The molecule has 8 heteroatoms. The number of benzene rings is 2. The lowest BCUT2D eigenvalue weighted by molar-refractivity contribution is -0.119. The van der Waals surface area contributed by atoms with Crippen molar-refractivity contribution < 1.29 is 22.7 Å². The molecule has 0 unspecified atom stereocenters. The number of rotatable bonds is 7. The Morgan fingerprint density at radius 3 is 2.27 bits per heavy atom. The number of likely N-dealkylation sites (N-methyl/N-ethyl adjacent to an activating group) is 1. The van der Waals surface area contributed by atoms with E-state index in [1.807, 2.05) is 6.92 Å². The van der Waals surface area contributed by atoms with Gasteiger partial charge >= 0.3 is 0 Å². The average Bonchev–Trinajstić information content (AvgIpc) is 2.65. The van der Waals surface area contributed by atoms with Crippen LogP contribution in [0.3, 0.4) is 0 Å². The first kappa shape index (κ1) is 19.6. The predicted octanol–water partition coefficient (Wildman–Crippen LogP) is 1.95. The first-order valence-corrected chi connectivity index (χ1v) is 9.29. The molecule has 0 saturated heterocycles. The molecule has 7 nitrogen and oxygen atoms in total. The number of hydrogen-bond donors (Lipinski definition) is 1. The largest absolute Gasteiger partial charge is 0.497 e. The van der Waals surface area contributed by atoms with Gasteiger partial charge in [-0.2, -0.15) is 0 Å². The Hall–Kier alpha value is -2.74. The van der Waals surface area contributed by atoms with Crippen LogP contribution in [0.15, 0.2) is 47.4 Å². The number of hydrogen-bond acceptors (Lipinski definition) is 5. The molecule has 0 aliphatic heterocycles. The molecule has 0 radical (unpaired) electrons. The van der Waals surface area contributed by atoms with Gasteiger partial charge in [0.25, 0.3) is 10.0 Å². The maximum atomic E-state index is 13.2. The van der Waals surface area contributed by atoms with Crippen LogP contribution in [0.1, 0.15) is 5.56 Å². The SMILES string of the molecule is CNC(=O)CN(c1ccc(OC)cc1OC)S(=O)(=O)c1ccc(C)cc1. The van der Waals surface area contributed by atoms with Crippen LogP contribution >= 0.6 is 0 Å². The fraction of sp³-hybridized carbons (Fsp3) is 0.278. The summed E-state index contributed by atoms with van der Waals surface area (Å²) in [5, 5.41) is 2.45. The summed E-state index contributed by atoms with van der Waals surface area (Å²) in [5.74, 6) is 0.348. The summed E-state index contributed by atoms with van der Waals surface area (Å²) in [4.78, 5) is 12.1. The van der Waals surface area contributed by atoms with Gasteiger partial charge in [-0.25, -0.2) is 8.42 Å². The molecule has 0 saturated carbocycles. The van der Waals surface area contributed by atoms with Gasteiger partial charge < -0.3 is 14.8 Å². The Morgan fingerprint density at radius 2 is 1.73 bits per heavy atom. The summed E-state index contributed by atoms with van der Waals surface area (Å²) in [6.45, 7) is 1.49. The molecule has 2 rings (SSSR count). The molecule has 2 aromatic carbocycles. The van der Waals surface area contributed by atoms with Crippen LogP contribution in [0.4, 0.5) is 5.69 Å². The van der Waals surface area contributed by atoms with Crippen molar-refractivity contribution >= 4 is 21.6 Å². The Labute approximate surface area is 153 Å². The van der Waals surface area contributed by atoms with Crippen LogP contribution in [-0.2, 0) is 14.8 Å². The van der Waals surface area contributed by atoms with E-state index in [-0.39, 0.29) is 22.9 Å². The Kier molecular flexibility index (Phi) is 6.10. The maximum absolute atomic E-state index is 13.2. The van der Waals surface area contributed by atoms with E-state index in [9.17, 15) is 13.2 Å². The number of amides is 1. The van der Waals surface area contributed by atoms with Crippen molar-refractivity contribution in [2.75, 3.05) is 32.1 Å². The second kappa shape index (κ2) is 8.09. The van der Waals surface area contributed by atoms with Gasteiger partial charge in [-0.3, -0.25) is 9.10 Å². The van der Waals surface area contributed by atoms with Crippen LogP contribution in [0.5, 0.6) is 11.5 Å². The van der Waals surface area contributed by atoms with Gasteiger partial charge in [0.1, 0.15) is 18.0 Å². The lowest BCUT2D eigenvalue weighted by Gasteiger charge is -2.25. The summed E-state index contributed by atoms with van der Waals surface area (Å²) in [6.07, 6.45) is 0. The lowest BCUT2D eigenvalue weighted by Crippen LogP contribution is -2.40. The third-order valence-corrected chi connectivity index (χ3v) is 5.60. The lowest BCUT2D eigenvalue weighted by atomic mass is 10.2. The van der Waals surface area contributed by atoms with Crippen molar-refractivity contribution in [3.05, 3.63) is 48.0 Å². The zero-order valence-electron chi connectivity index (χ0n) is 15.1. The molecular weight excluding hydrogens is 356 g/mol. The quantitative estimate of drug-likeness (QED) is 0.796. The Morgan fingerprint density at radius 1 is 1.08 bits per heavy atom. The number of carbonyl (C=O) groups excluding carboxylic acids is 1. The molecule has 2 aromatic rings. The van der Waals surface area contributed by atoms with Gasteiger partial charge in [-0.1, -0.05) is 17.7 Å². The van der Waals surface area contributed by atoms with Gasteiger partial charge in [0.15, 0.2) is 0 Å². The summed E-state index contributed by atoms with van der Waals surface area (Å²) in [7, 11) is 0.397. The van der Waals surface area contributed by atoms with Gasteiger partial charge in [-0.15, -0.1) is 0 Å². The fourth-order valence-electron chi connectivity index (χ4n) is 2.34. The summed E-state index contributed by atoms with van der Waals surface area (Å²) < 4.78 is 37.8. The average molecular weight is 378 g/mol. The second-order valence-electron chi connectivity index (χ2n) is 5.54. The van der Waals surface area contributed by atoms with Crippen LogP contribution in [-0.4, -0.2) is 42.1 Å². The monoisotopic (exact) mass is 378 g/mol. The summed E-state index contributed by atoms with van der Waals surface area (Å²) in [5.41, 5.74) is 1.18. The van der Waals surface area contributed by atoms with E-state index in [1.165, 1.54) is 33.4 Å². The standard InChI is InChI=1S/C18H22N2O5S/c1-13-5-8-15(9-6-13)26(22,23)20(12-18(21)19-2)16-10-7-14(24-3)11-17(16)25-4/h5-11H,12H2,1-4H3,(H,19,21). The maximum Gasteiger partial charge on any atom is 0.264 e. The smallest absolute Gasteiger partial charge is 0.264 e. The zero-order valence-corrected chi connectivity index (χ0v) is 16.0. The number of aryl methyl sites for hydroxylation is 1. The molecule has 0 bridgehead atoms. The van der Waals surface area contributed by atoms with Crippen molar-refractivity contribution in [2.45, 2.75) is 11.8 Å². The Bertz CT molecular complexity index is 879. The third kappa shape index (κ3) is 4.08. The van der Waals surface area contributed by atoms with Crippen LogP contribution in [0.25, 0.3) is 0 Å². The molecule has 26 heavy (non-hydrogen) atoms. The molecule has 1 amide bonds. The zero-order chi connectivity index (χ0) is 19.3. The summed E-state index contributed by atoms with van der Waals surface area (Å²) in [6, 6.07) is 11.2. The van der Waals surface area contributed by atoms with Gasteiger partial charge in [-0.05, 0) is 31.2 Å².